The summed E-state index contributed by atoms with van der Waals surface area (Å²) in [5.74, 6) is -0.658. The second-order valence-corrected chi connectivity index (χ2v) is 7.03. The van der Waals surface area contributed by atoms with Crippen LogP contribution in [0, 0.1) is 5.82 Å². The summed E-state index contributed by atoms with van der Waals surface area (Å²) in [5.41, 5.74) is 0.378. The van der Waals surface area contributed by atoms with E-state index in [0.717, 1.165) is 17.7 Å². The molecule has 2 rings (SSSR count). The zero-order valence-electron chi connectivity index (χ0n) is 17.4. The van der Waals surface area contributed by atoms with E-state index in [1.165, 1.54) is 7.05 Å². The predicted octanol–water partition coefficient (Wildman–Crippen LogP) is 4.24. The molecule has 0 radical (unpaired) electrons. The molecule has 31 heavy (non-hydrogen) atoms. The number of urea groups is 1. The zero-order chi connectivity index (χ0) is 23.0. The third kappa shape index (κ3) is 7.80. The largest absolute Gasteiger partial charge is 0.416 e. The monoisotopic (exact) mass is 439 g/mol. The van der Waals surface area contributed by atoms with Crippen LogP contribution in [0.1, 0.15) is 30.5 Å². The van der Waals surface area contributed by atoms with Gasteiger partial charge in [-0.15, -0.1) is 0 Å². The van der Waals surface area contributed by atoms with Crippen molar-refractivity contribution in [3.05, 3.63) is 65.0 Å². The van der Waals surface area contributed by atoms with E-state index in [1.807, 2.05) is 13.8 Å². The van der Waals surface area contributed by atoms with E-state index in [1.54, 1.807) is 24.3 Å². The number of aliphatic imine (C=N–C) groups is 1. The highest BCUT2D eigenvalue weighted by Crippen LogP contribution is 2.32. The van der Waals surface area contributed by atoms with Crippen LogP contribution in [0.2, 0.25) is 0 Å². The van der Waals surface area contributed by atoms with Gasteiger partial charge in [0.2, 0.25) is 0 Å². The second kappa shape index (κ2) is 10.6. The van der Waals surface area contributed by atoms with E-state index < -0.39 is 17.6 Å². The van der Waals surface area contributed by atoms with Gasteiger partial charge in [0.05, 0.1) is 5.56 Å². The molecule has 10 heteroatoms. The van der Waals surface area contributed by atoms with Crippen LogP contribution < -0.4 is 21.3 Å². The van der Waals surface area contributed by atoms with Gasteiger partial charge in [0.25, 0.3) is 0 Å². The van der Waals surface area contributed by atoms with Crippen LogP contribution in [0.3, 0.4) is 0 Å². The van der Waals surface area contributed by atoms with Crippen molar-refractivity contribution < 1.29 is 22.4 Å². The molecule has 0 atom stereocenters. The van der Waals surface area contributed by atoms with E-state index >= 15 is 0 Å². The molecule has 0 saturated carbocycles. The highest BCUT2D eigenvalue weighted by molar-refractivity contribution is 5.89. The minimum atomic E-state index is -4.65. The summed E-state index contributed by atoms with van der Waals surface area (Å²) in [7, 11) is 1.49. The van der Waals surface area contributed by atoms with Crippen LogP contribution in [0.5, 0.6) is 0 Å². The molecule has 0 fully saturated rings. The third-order valence-electron chi connectivity index (χ3n) is 4.14. The van der Waals surface area contributed by atoms with Crippen LogP contribution >= 0.6 is 0 Å². The van der Waals surface area contributed by atoms with Crippen molar-refractivity contribution in [1.82, 2.24) is 16.0 Å². The van der Waals surface area contributed by atoms with Gasteiger partial charge in [0.1, 0.15) is 5.82 Å². The van der Waals surface area contributed by atoms with Crippen LogP contribution in [-0.2, 0) is 19.3 Å². The van der Waals surface area contributed by atoms with Crippen LogP contribution in [0.15, 0.2) is 47.5 Å². The van der Waals surface area contributed by atoms with Crippen molar-refractivity contribution in [2.45, 2.75) is 39.2 Å². The van der Waals surface area contributed by atoms with E-state index in [9.17, 15) is 22.4 Å². The zero-order valence-corrected chi connectivity index (χ0v) is 17.4. The molecule has 0 aliphatic carbocycles. The average Bonchev–Trinajstić information content (AvgIpc) is 2.68. The number of guanidine groups is 1. The molecular formula is C21H25F4N5O. The Hall–Kier alpha value is -3.30. The summed E-state index contributed by atoms with van der Waals surface area (Å²) < 4.78 is 52.5. The Labute approximate surface area is 178 Å². The highest BCUT2D eigenvalue weighted by atomic mass is 19.4. The SMILES string of the molecule is CN=C(NCc1ccc(NC(=O)NC(C)C)cc1)NCc1ccc(F)cc1C(F)(F)F. The number of anilines is 1. The average molecular weight is 439 g/mol. The minimum absolute atomic E-state index is 0.0184. The maximum absolute atomic E-state index is 13.2. The van der Waals surface area contributed by atoms with Crippen LogP contribution in [0.25, 0.3) is 0 Å². The van der Waals surface area contributed by atoms with E-state index in [0.29, 0.717) is 18.3 Å². The van der Waals surface area contributed by atoms with Gasteiger partial charge in [-0.25, -0.2) is 9.18 Å². The van der Waals surface area contributed by atoms with Crippen molar-refractivity contribution in [1.29, 1.82) is 0 Å². The number of rotatable bonds is 6. The lowest BCUT2D eigenvalue weighted by atomic mass is 10.1. The van der Waals surface area contributed by atoms with E-state index in [4.69, 9.17) is 0 Å². The second-order valence-electron chi connectivity index (χ2n) is 7.03. The van der Waals surface area contributed by atoms with Crippen molar-refractivity contribution >= 4 is 17.7 Å². The number of nitrogens with one attached hydrogen (secondary N) is 4. The molecule has 0 aliphatic heterocycles. The summed E-state index contributed by atoms with van der Waals surface area (Å²) >= 11 is 0. The molecule has 168 valence electrons. The van der Waals surface area contributed by atoms with Gasteiger partial charge in [0, 0.05) is 31.9 Å². The molecule has 0 heterocycles. The summed E-state index contributed by atoms with van der Waals surface area (Å²) in [6.45, 7) is 3.89. The lowest BCUT2D eigenvalue weighted by molar-refractivity contribution is -0.138. The fourth-order valence-electron chi connectivity index (χ4n) is 2.69. The number of hydrogen-bond donors (Lipinski definition) is 4. The molecule has 0 spiro atoms. The Morgan fingerprint density at radius 3 is 2.26 bits per heavy atom. The van der Waals surface area contributed by atoms with Gasteiger partial charge in [0.15, 0.2) is 5.96 Å². The quantitative estimate of drug-likeness (QED) is 0.309. The van der Waals surface area contributed by atoms with Crippen LogP contribution in [0.4, 0.5) is 28.0 Å². The number of hydrogen-bond acceptors (Lipinski definition) is 2. The topological polar surface area (TPSA) is 77.5 Å². The summed E-state index contributed by atoms with van der Waals surface area (Å²) in [5, 5.41) is 11.2. The molecule has 6 nitrogen and oxygen atoms in total. The van der Waals surface area contributed by atoms with Gasteiger partial charge in [-0.05, 0) is 49.2 Å². The molecule has 0 aliphatic rings. The Morgan fingerprint density at radius 1 is 1.03 bits per heavy atom. The fourth-order valence-corrected chi connectivity index (χ4v) is 2.69. The molecular weight excluding hydrogens is 414 g/mol. The maximum Gasteiger partial charge on any atom is 0.416 e. The predicted molar refractivity (Wildman–Crippen MR) is 112 cm³/mol. The number of alkyl halides is 3. The number of halogens is 4. The van der Waals surface area contributed by atoms with Gasteiger partial charge >= 0.3 is 12.2 Å². The first-order valence-corrected chi connectivity index (χ1v) is 9.55. The number of benzene rings is 2. The Balaban J connectivity index is 1.91. The van der Waals surface area contributed by atoms with Gasteiger partial charge in [-0.2, -0.15) is 13.2 Å². The first-order valence-electron chi connectivity index (χ1n) is 9.55. The molecule has 2 amide bonds. The fraction of sp³-hybridized carbons (Fsp3) is 0.333. The number of carbonyl (C=O) groups excluding carboxylic acids is 1. The normalized spacial score (nSPS) is 11.9. The van der Waals surface area contributed by atoms with Crippen LogP contribution in [-0.4, -0.2) is 25.1 Å². The Kier molecular flexibility index (Phi) is 8.23. The Morgan fingerprint density at radius 2 is 1.68 bits per heavy atom. The van der Waals surface area contributed by atoms with E-state index in [2.05, 4.69) is 26.3 Å². The molecule has 2 aromatic carbocycles. The minimum Gasteiger partial charge on any atom is -0.352 e. The maximum atomic E-state index is 13.2. The smallest absolute Gasteiger partial charge is 0.352 e. The number of carbonyl (C=O) groups is 1. The van der Waals surface area contributed by atoms with E-state index in [-0.39, 0.29) is 30.1 Å². The molecule has 2 aromatic rings. The first-order chi connectivity index (χ1) is 14.6. The van der Waals surface area contributed by atoms with Gasteiger partial charge < -0.3 is 21.3 Å². The Bertz CT molecular complexity index is 911. The van der Waals surface area contributed by atoms with Crippen molar-refractivity contribution in [3.8, 4) is 0 Å². The van der Waals surface area contributed by atoms with Crippen molar-refractivity contribution in [2.75, 3.05) is 12.4 Å². The molecule has 0 saturated heterocycles. The number of nitrogens with zero attached hydrogens (tertiary/aromatic N) is 1. The highest BCUT2D eigenvalue weighted by Gasteiger charge is 2.33. The van der Waals surface area contributed by atoms with Gasteiger partial charge in [-0.3, -0.25) is 4.99 Å². The summed E-state index contributed by atoms with van der Waals surface area (Å²) in [6.07, 6.45) is -4.65. The molecule has 0 bridgehead atoms. The third-order valence-corrected chi connectivity index (χ3v) is 4.14. The van der Waals surface area contributed by atoms with Crippen molar-refractivity contribution in [3.63, 3.8) is 0 Å². The standard InChI is InChI=1S/C21H25F4N5O/c1-13(2)29-20(31)30-17-8-4-14(5-9-17)11-27-19(26-3)28-12-15-6-7-16(22)10-18(15)21(23,24)25/h4-10,13H,11-12H2,1-3H3,(H2,26,27,28)(H2,29,30,31). The summed E-state index contributed by atoms with van der Waals surface area (Å²) in [6, 6.07) is 9.35. The number of amides is 2. The van der Waals surface area contributed by atoms with Crippen molar-refractivity contribution in [2.24, 2.45) is 4.99 Å². The van der Waals surface area contributed by atoms with Gasteiger partial charge in [-0.1, -0.05) is 18.2 Å². The molecule has 0 unspecified atom stereocenters. The summed E-state index contributed by atoms with van der Waals surface area (Å²) in [4.78, 5) is 15.7. The first kappa shape index (κ1) is 24.0. The molecule has 4 N–H and O–H groups in total. The lowest BCUT2D eigenvalue weighted by Crippen LogP contribution is -2.36. The molecule has 0 aromatic heterocycles. The lowest BCUT2D eigenvalue weighted by Gasteiger charge is -2.16.